The topological polar surface area (TPSA) is 28.7 Å². The Balaban J connectivity index is 3.24. The number of aryl methyl sites for hydroxylation is 1. The molecular weight excluding hydrogens is 180 g/mol. The van der Waals surface area contributed by atoms with Crippen molar-refractivity contribution < 1.29 is 0 Å². The predicted molar refractivity (Wildman–Crippen MR) is 57.5 cm³/mol. The SMILES string of the molecule is CCc1cc(=S)nc(C(C)(C)C)[nH]1. The van der Waals surface area contributed by atoms with Crippen molar-refractivity contribution in [3.8, 4) is 0 Å². The Morgan fingerprint density at radius 2 is 2.08 bits per heavy atom. The minimum Gasteiger partial charge on any atom is -0.347 e. The molecule has 0 saturated heterocycles. The fourth-order valence-corrected chi connectivity index (χ4v) is 1.29. The third-order valence-corrected chi connectivity index (χ3v) is 2.10. The van der Waals surface area contributed by atoms with Crippen molar-refractivity contribution in [2.75, 3.05) is 0 Å². The zero-order valence-corrected chi connectivity index (χ0v) is 9.46. The Morgan fingerprint density at radius 3 is 2.54 bits per heavy atom. The van der Waals surface area contributed by atoms with E-state index in [1.807, 2.05) is 6.07 Å². The van der Waals surface area contributed by atoms with Crippen LogP contribution in [0, 0.1) is 4.64 Å². The molecule has 1 aromatic rings. The number of nitrogens with one attached hydrogen (secondary N) is 1. The van der Waals surface area contributed by atoms with Crippen LogP contribution >= 0.6 is 12.2 Å². The second kappa shape index (κ2) is 3.58. The Labute approximate surface area is 84.4 Å². The van der Waals surface area contributed by atoms with Gasteiger partial charge in [-0.15, -0.1) is 0 Å². The van der Waals surface area contributed by atoms with Gasteiger partial charge in [-0.25, -0.2) is 4.98 Å². The first-order valence-corrected chi connectivity index (χ1v) is 4.95. The summed E-state index contributed by atoms with van der Waals surface area (Å²) in [5.74, 6) is 0.969. The molecule has 0 atom stereocenters. The van der Waals surface area contributed by atoms with Crippen LogP contribution in [-0.2, 0) is 11.8 Å². The van der Waals surface area contributed by atoms with Gasteiger partial charge in [-0.3, -0.25) is 0 Å². The van der Waals surface area contributed by atoms with Gasteiger partial charge in [0.15, 0.2) is 0 Å². The van der Waals surface area contributed by atoms with E-state index in [2.05, 4.69) is 37.7 Å². The molecule has 13 heavy (non-hydrogen) atoms. The lowest BCUT2D eigenvalue weighted by molar-refractivity contribution is 0.540. The van der Waals surface area contributed by atoms with Crippen LogP contribution < -0.4 is 0 Å². The summed E-state index contributed by atoms with van der Waals surface area (Å²) < 4.78 is 0.681. The molecule has 1 rings (SSSR count). The summed E-state index contributed by atoms with van der Waals surface area (Å²) in [5.41, 5.74) is 1.20. The molecule has 2 nitrogen and oxygen atoms in total. The van der Waals surface area contributed by atoms with Crippen molar-refractivity contribution in [3.05, 3.63) is 22.2 Å². The van der Waals surface area contributed by atoms with Crippen LogP contribution in [0.25, 0.3) is 0 Å². The summed E-state index contributed by atoms with van der Waals surface area (Å²) in [4.78, 5) is 7.61. The number of aromatic amines is 1. The maximum Gasteiger partial charge on any atom is 0.130 e. The smallest absolute Gasteiger partial charge is 0.130 e. The van der Waals surface area contributed by atoms with E-state index in [-0.39, 0.29) is 5.41 Å². The van der Waals surface area contributed by atoms with E-state index in [0.717, 1.165) is 17.9 Å². The van der Waals surface area contributed by atoms with Gasteiger partial charge >= 0.3 is 0 Å². The molecule has 1 heterocycles. The highest BCUT2D eigenvalue weighted by Crippen LogP contribution is 2.17. The first-order chi connectivity index (χ1) is 5.93. The molecule has 0 aliphatic rings. The van der Waals surface area contributed by atoms with E-state index in [1.54, 1.807) is 0 Å². The average Bonchev–Trinajstić information content (AvgIpc) is 2.01. The van der Waals surface area contributed by atoms with Gasteiger partial charge in [0.25, 0.3) is 0 Å². The molecule has 0 unspecified atom stereocenters. The number of nitrogens with zero attached hydrogens (tertiary/aromatic N) is 1. The van der Waals surface area contributed by atoms with Gasteiger partial charge in [0.2, 0.25) is 0 Å². The fraction of sp³-hybridized carbons (Fsp3) is 0.600. The molecule has 0 aliphatic heterocycles. The van der Waals surface area contributed by atoms with Crippen LogP contribution in [0.1, 0.15) is 39.2 Å². The third-order valence-electron chi connectivity index (χ3n) is 1.89. The van der Waals surface area contributed by atoms with Crippen LogP contribution in [0.15, 0.2) is 6.07 Å². The average molecular weight is 196 g/mol. The predicted octanol–water partition coefficient (Wildman–Crippen LogP) is 3.00. The second-order valence-electron chi connectivity index (χ2n) is 4.20. The van der Waals surface area contributed by atoms with Crippen LogP contribution in [0.4, 0.5) is 0 Å². The highest BCUT2D eigenvalue weighted by Gasteiger charge is 2.16. The molecule has 0 aromatic carbocycles. The number of H-pyrrole nitrogens is 1. The quantitative estimate of drug-likeness (QED) is 0.699. The Kier molecular flexibility index (Phi) is 2.86. The maximum absolute atomic E-state index is 5.09. The molecule has 0 saturated carbocycles. The van der Waals surface area contributed by atoms with Gasteiger partial charge in [0, 0.05) is 11.1 Å². The molecule has 0 radical (unpaired) electrons. The van der Waals surface area contributed by atoms with E-state index < -0.39 is 0 Å². The van der Waals surface area contributed by atoms with Gasteiger partial charge in [-0.1, -0.05) is 39.9 Å². The standard InChI is InChI=1S/C10H16N2S/c1-5-7-6-8(13)12-9(11-7)10(2,3)4/h6H,5H2,1-4H3,(H,11,12,13). The van der Waals surface area contributed by atoms with Crippen LogP contribution in [0.3, 0.4) is 0 Å². The fourth-order valence-electron chi connectivity index (χ4n) is 1.05. The van der Waals surface area contributed by atoms with Gasteiger partial charge < -0.3 is 4.98 Å². The van der Waals surface area contributed by atoms with Crippen molar-refractivity contribution in [3.63, 3.8) is 0 Å². The van der Waals surface area contributed by atoms with E-state index in [0.29, 0.717) is 4.64 Å². The summed E-state index contributed by atoms with van der Waals surface area (Å²) in [7, 11) is 0. The second-order valence-corrected chi connectivity index (χ2v) is 4.62. The Morgan fingerprint density at radius 1 is 1.46 bits per heavy atom. The lowest BCUT2D eigenvalue weighted by atomic mass is 9.95. The molecule has 1 aromatic heterocycles. The van der Waals surface area contributed by atoms with Crippen molar-refractivity contribution in [2.24, 2.45) is 0 Å². The van der Waals surface area contributed by atoms with Gasteiger partial charge in [-0.05, 0) is 12.5 Å². The zero-order valence-electron chi connectivity index (χ0n) is 8.64. The summed E-state index contributed by atoms with van der Waals surface area (Å²) >= 11 is 5.09. The molecule has 0 aliphatic carbocycles. The number of rotatable bonds is 1. The normalized spacial score (nSPS) is 11.7. The highest BCUT2D eigenvalue weighted by atomic mass is 32.1. The number of hydrogen-bond acceptors (Lipinski definition) is 2. The van der Waals surface area contributed by atoms with Gasteiger partial charge in [0.1, 0.15) is 10.5 Å². The minimum atomic E-state index is 0.0404. The lowest BCUT2D eigenvalue weighted by Crippen LogP contribution is -2.16. The van der Waals surface area contributed by atoms with Gasteiger partial charge in [-0.2, -0.15) is 0 Å². The Hall–Kier alpha value is -0.700. The van der Waals surface area contributed by atoms with E-state index in [1.165, 1.54) is 0 Å². The number of aromatic nitrogens is 2. The molecule has 0 bridgehead atoms. The van der Waals surface area contributed by atoms with E-state index in [4.69, 9.17) is 12.2 Å². The molecule has 72 valence electrons. The molecule has 1 N–H and O–H groups in total. The van der Waals surface area contributed by atoms with Crippen molar-refractivity contribution in [2.45, 2.75) is 39.5 Å². The molecular formula is C10H16N2S. The zero-order chi connectivity index (χ0) is 10.1. The van der Waals surface area contributed by atoms with Crippen molar-refractivity contribution in [1.29, 1.82) is 0 Å². The monoisotopic (exact) mass is 196 g/mol. The molecule has 0 amide bonds. The first kappa shape index (κ1) is 10.4. The van der Waals surface area contributed by atoms with E-state index in [9.17, 15) is 0 Å². The van der Waals surface area contributed by atoms with Crippen molar-refractivity contribution >= 4 is 12.2 Å². The minimum absolute atomic E-state index is 0.0404. The summed E-state index contributed by atoms with van der Waals surface area (Å²) in [6.07, 6.45) is 0.968. The van der Waals surface area contributed by atoms with Crippen LogP contribution in [-0.4, -0.2) is 9.97 Å². The Bertz CT molecular complexity index is 347. The van der Waals surface area contributed by atoms with Gasteiger partial charge in [0.05, 0.1) is 0 Å². The largest absolute Gasteiger partial charge is 0.347 e. The molecule has 3 heteroatoms. The lowest BCUT2D eigenvalue weighted by Gasteiger charge is -2.17. The van der Waals surface area contributed by atoms with E-state index >= 15 is 0 Å². The third kappa shape index (κ3) is 2.62. The molecule has 0 fully saturated rings. The first-order valence-electron chi connectivity index (χ1n) is 4.54. The number of hydrogen-bond donors (Lipinski definition) is 1. The van der Waals surface area contributed by atoms with Crippen LogP contribution in [0.2, 0.25) is 0 Å². The molecule has 0 spiro atoms. The highest BCUT2D eigenvalue weighted by molar-refractivity contribution is 7.71. The van der Waals surface area contributed by atoms with Crippen molar-refractivity contribution in [1.82, 2.24) is 9.97 Å². The summed E-state index contributed by atoms with van der Waals surface area (Å²) in [6, 6.07) is 1.92. The maximum atomic E-state index is 5.09. The summed E-state index contributed by atoms with van der Waals surface area (Å²) in [6.45, 7) is 8.48. The summed E-state index contributed by atoms with van der Waals surface area (Å²) in [5, 5.41) is 0. The van der Waals surface area contributed by atoms with Crippen LogP contribution in [0.5, 0.6) is 0 Å².